The average molecular weight is 209 g/mol. The third kappa shape index (κ3) is 2.22. The highest BCUT2D eigenvalue weighted by Gasteiger charge is 2.39. The minimum Gasteiger partial charge on any atom is -0.295 e. The van der Waals surface area contributed by atoms with Crippen LogP contribution in [0.2, 0.25) is 0 Å². The molecule has 2 fully saturated rings. The minimum atomic E-state index is 0.758. The van der Waals surface area contributed by atoms with Crippen molar-refractivity contribution in [1.82, 2.24) is 4.90 Å². The summed E-state index contributed by atoms with van der Waals surface area (Å²) in [6, 6.07) is 2.57. The number of nitrogens with zero attached hydrogens (tertiary/aromatic N) is 1. The lowest BCUT2D eigenvalue weighted by Crippen LogP contribution is -2.55. The van der Waals surface area contributed by atoms with Crippen molar-refractivity contribution in [1.29, 1.82) is 0 Å². The van der Waals surface area contributed by atoms with Crippen LogP contribution in [0, 0.1) is 11.8 Å². The fourth-order valence-electron chi connectivity index (χ4n) is 3.85. The second-order valence-corrected chi connectivity index (χ2v) is 6.26. The van der Waals surface area contributed by atoms with Gasteiger partial charge in [-0.05, 0) is 51.4 Å². The van der Waals surface area contributed by atoms with Crippen LogP contribution in [-0.2, 0) is 0 Å². The molecule has 2 saturated heterocycles. The first-order valence-electron chi connectivity index (χ1n) is 6.87. The van der Waals surface area contributed by atoms with E-state index < -0.39 is 0 Å². The molecule has 0 amide bonds. The molecule has 2 rings (SSSR count). The van der Waals surface area contributed by atoms with E-state index in [4.69, 9.17) is 0 Å². The van der Waals surface area contributed by atoms with Crippen molar-refractivity contribution < 1.29 is 0 Å². The number of hydrogen-bond acceptors (Lipinski definition) is 1. The van der Waals surface area contributed by atoms with Crippen molar-refractivity contribution in [3.05, 3.63) is 0 Å². The molecule has 88 valence electrons. The Balaban J connectivity index is 2.08. The van der Waals surface area contributed by atoms with Gasteiger partial charge in [0.15, 0.2) is 0 Å². The summed E-state index contributed by atoms with van der Waals surface area (Å²) in [5, 5.41) is 0. The Bertz CT molecular complexity index is 195. The van der Waals surface area contributed by atoms with Gasteiger partial charge >= 0.3 is 0 Å². The van der Waals surface area contributed by atoms with Crippen molar-refractivity contribution in [2.75, 3.05) is 0 Å². The Morgan fingerprint density at radius 3 is 1.87 bits per heavy atom. The molecule has 0 saturated carbocycles. The number of fused-ring (bicyclic) bond motifs is 2. The summed E-state index contributed by atoms with van der Waals surface area (Å²) in [5.41, 5.74) is 0. The molecule has 0 aromatic carbocycles. The third-order valence-corrected chi connectivity index (χ3v) is 4.61. The molecular formula is C14H27N. The molecule has 1 heteroatoms. The van der Waals surface area contributed by atoms with Crippen molar-refractivity contribution >= 4 is 0 Å². The summed E-state index contributed by atoms with van der Waals surface area (Å²) in [7, 11) is 0. The molecular weight excluding hydrogens is 182 g/mol. The number of rotatable bonds is 2. The Labute approximate surface area is 95.2 Å². The van der Waals surface area contributed by atoms with Crippen LogP contribution in [0.3, 0.4) is 0 Å². The summed E-state index contributed by atoms with van der Waals surface area (Å²) < 4.78 is 0. The summed E-state index contributed by atoms with van der Waals surface area (Å²) in [5.74, 6) is 1.89. The van der Waals surface area contributed by atoms with E-state index in [-0.39, 0.29) is 0 Å². The molecule has 0 spiro atoms. The van der Waals surface area contributed by atoms with E-state index in [2.05, 4.69) is 32.6 Å². The first-order chi connectivity index (χ1) is 7.09. The zero-order valence-electron chi connectivity index (χ0n) is 10.9. The van der Waals surface area contributed by atoms with Gasteiger partial charge in [0.1, 0.15) is 0 Å². The van der Waals surface area contributed by atoms with Crippen LogP contribution in [0.5, 0.6) is 0 Å². The van der Waals surface area contributed by atoms with Crippen LogP contribution < -0.4 is 0 Å². The molecule has 0 aliphatic carbocycles. The minimum absolute atomic E-state index is 0.758. The van der Waals surface area contributed by atoms with Gasteiger partial charge in [-0.2, -0.15) is 0 Å². The van der Waals surface area contributed by atoms with Gasteiger partial charge in [0.05, 0.1) is 0 Å². The monoisotopic (exact) mass is 209 g/mol. The SMILES string of the molecule is CC(C)[C@@H]1C[C@H]2CCC[C@@H](C1)N2C(C)C. The van der Waals surface area contributed by atoms with E-state index >= 15 is 0 Å². The average Bonchev–Trinajstić information content (AvgIpc) is 2.15. The van der Waals surface area contributed by atoms with Gasteiger partial charge in [0.25, 0.3) is 0 Å². The van der Waals surface area contributed by atoms with Crippen LogP contribution in [0.25, 0.3) is 0 Å². The molecule has 2 heterocycles. The first-order valence-corrected chi connectivity index (χ1v) is 6.87. The van der Waals surface area contributed by atoms with Gasteiger partial charge < -0.3 is 0 Å². The molecule has 0 aromatic rings. The second kappa shape index (κ2) is 4.45. The molecule has 0 aromatic heterocycles. The van der Waals surface area contributed by atoms with Crippen LogP contribution in [0.15, 0.2) is 0 Å². The Morgan fingerprint density at radius 1 is 0.933 bits per heavy atom. The highest BCUT2D eigenvalue weighted by molar-refractivity contribution is 4.94. The molecule has 3 atom stereocenters. The van der Waals surface area contributed by atoms with Crippen LogP contribution in [0.1, 0.15) is 59.8 Å². The Hall–Kier alpha value is -0.0400. The van der Waals surface area contributed by atoms with Crippen LogP contribution >= 0.6 is 0 Å². The lowest BCUT2D eigenvalue weighted by Gasteiger charge is -2.52. The second-order valence-electron chi connectivity index (χ2n) is 6.26. The van der Waals surface area contributed by atoms with E-state index in [1.807, 2.05) is 0 Å². The molecule has 0 radical (unpaired) electrons. The fraction of sp³-hybridized carbons (Fsp3) is 1.00. The zero-order valence-corrected chi connectivity index (χ0v) is 10.9. The maximum absolute atomic E-state index is 2.82. The summed E-state index contributed by atoms with van der Waals surface area (Å²) in [6.07, 6.45) is 7.32. The van der Waals surface area contributed by atoms with E-state index in [0.717, 1.165) is 30.0 Å². The highest BCUT2D eigenvalue weighted by atomic mass is 15.2. The van der Waals surface area contributed by atoms with E-state index in [9.17, 15) is 0 Å². The Kier molecular flexibility index (Phi) is 3.39. The largest absolute Gasteiger partial charge is 0.295 e. The zero-order chi connectivity index (χ0) is 11.0. The van der Waals surface area contributed by atoms with Gasteiger partial charge in [0.2, 0.25) is 0 Å². The predicted octanol–water partition coefficient (Wildman–Crippen LogP) is 3.68. The quantitative estimate of drug-likeness (QED) is 0.670. The van der Waals surface area contributed by atoms with Crippen molar-refractivity contribution in [3.63, 3.8) is 0 Å². The standard InChI is InChI=1S/C14H27N/c1-10(2)12-8-13-6-5-7-14(9-12)15(13)11(3)4/h10-14H,5-9H2,1-4H3/t12-,13-,14+. The van der Waals surface area contributed by atoms with Gasteiger partial charge in [0, 0.05) is 18.1 Å². The summed E-state index contributed by atoms with van der Waals surface area (Å²) >= 11 is 0. The number of hydrogen-bond donors (Lipinski definition) is 0. The highest BCUT2D eigenvalue weighted by Crippen LogP contribution is 2.40. The maximum Gasteiger partial charge on any atom is 0.0104 e. The topological polar surface area (TPSA) is 3.24 Å². The van der Waals surface area contributed by atoms with Crippen molar-refractivity contribution in [3.8, 4) is 0 Å². The molecule has 0 N–H and O–H groups in total. The Morgan fingerprint density at radius 2 is 1.47 bits per heavy atom. The van der Waals surface area contributed by atoms with Crippen molar-refractivity contribution in [2.24, 2.45) is 11.8 Å². The molecule has 1 nitrogen and oxygen atoms in total. The first kappa shape index (κ1) is 11.4. The van der Waals surface area contributed by atoms with Crippen molar-refractivity contribution in [2.45, 2.75) is 77.9 Å². The van der Waals surface area contributed by atoms with E-state index in [1.54, 1.807) is 0 Å². The third-order valence-electron chi connectivity index (χ3n) is 4.61. The van der Waals surface area contributed by atoms with Crippen LogP contribution in [0.4, 0.5) is 0 Å². The normalized spacial score (nSPS) is 37.6. The smallest absolute Gasteiger partial charge is 0.0104 e. The molecule has 0 unspecified atom stereocenters. The summed E-state index contributed by atoms with van der Waals surface area (Å²) in [6.45, 7) is 9.57. The van der Waals surface area contributed by atoms with Gasteiger partial charge in [-0.3, -0.25) is 4.90 Å². The molecule has 2 aliphatic heterocycles. The number of piperidine rings is 2. The molecule has 15 heavy (non-hydrogen) atoms. The lowest BCUT2D eigenvalue weighted by molar-refractivity contribution is -0.0195. The summed E-state index contributed by atoms with van der Waals surface area (Å²) in [4.78, 5) is 2.82. The van der Waals surface area contributed by atoms with Gasteiger partial charge in [-0.15, -0.1) is 0 Å². The van der Waals surface area contributed by atoms with Gasteiger partial charge in [-0.1, -0.05) is 20.3 Å². The predicted molar refractivity (Wildman–Crippen MR) is 66.0 cm³/mol. The fourth-order valence-corrected chi connectivity index (χ4v) is 3.85. The van der Waals surface area contributed by atoms with E-state index in [0.29, 0.717) is 0 Å². The van der Waals surface area contributed by atoms with Gasteiger partial charge in [-0.25, -0.2) is 0 Å². The maximum atomic E-state index is 2.82. The van der Waals surface area contributed by atoms with E-state index in [1.165, 1.54) is 32.1 Å². The lowest BCUT2D eigenvalue weighted by atomic mass is 9.73. The molecule has 2 bridgehead atoms. The molecule has 2 aliphatic rings. The van der Waals surface area contributed by atoms with Crippen LogP contribution in [-0.4, -0.2) is 23.0 Å².